The van der Waals surface area contributed by atoms with Gasteiger partial charge < -0.3 is 19.5 Å². The largest absolute Gasteiger partial charge is 0.485 e. The summed E-state index contributed by atoms with van der Waals surface area (Å²) >= 11 is 0. The number of amides is 1. The second-order valence-corrected chi connectivity index (χ2v) is 5.58. The summed E-state index contributed by atoms with van der Waals surface area (Å²) in [6.45, 7) is 1.59. The number of carbonyl (C=O) groups excluding carboxylic acids is 1. The molecule has 1 aromatic carbocycles. The molecule has 0 unspecified atom stereocenters. The lowest BCUT2D eigenvalue weighted by atomic mass is 10.2. The van der Waals surface area contributed by atoms with Crippen LogP contribution in [0.4, 0.5) is 5.69 Å². The Morgan fingerprint density at radius 2 is 2.13 bits per heavy atom. The fraction of sp³-hybridized carbons (Fsp3) is 0.375. The van der Waals surface area contributed by atoms with E-state index in [1.807, 2.05) is 29.1 Å². The van der Waals surface area contributed by atoms with Crippen molar-refractivity contribution >= 4 is 11.6 Å². The molecule has 1 aromatic heterocycles. The maximum Gasteiger partial charge on any atom is 0.269 e. The average Bonchev–Trinajstić information content (AvgIpc) is 3.25. The van der Waals surface area contributed by atoms with Crippen molar-refractivity contribution in [2.24, 2.45) is 0 Å². The number of anilines is 1. The van der Waals surface area contributed by atoms with E-state index in [0.717, 1.165) is 13.0 Å². The fourth-order valence-corrected chi connectivity index (χ4v) is 2.70. The predicted octanol–water partition coefficient (Wildman–Crippen LogP) is 1.62. The highest BCUT2D eigenvalue weighted by Crippen LogP contribution is 2.31. The summed E-state index contributed by atoms with van der Waals surface area (Å²) in [4.78, 5) is 12.3. The van der Waals surface area contributed by atoms with E-state index in [-0.39, 0.29) is 18.6 Å². The summed E-state index contributed by atoms with van der Waals surface area (Å²) in [5.74, 6) is 0.991. The summed E-state index contributed by atoms with van der Waals surface area (Å²) in [7, 11) is 0. The lowest BCUT2D eigenvalue weighted by Gasteiger charge is -2.25. The maximum atomic E-state index is 12.3. The quantitative estimate of drug-likeness (QED) is 0.931. The molecule has 0 spiro atoms. The summed E-state index contributed by atoms with van der Waals surface area (Å²) < 4.78 is 18.4. The number of ether oxygens (including phenoxy) is 3. The Kier molecular flexibility index (Phi) is 3.63. The van der Waals surface area contributed by atoms with Crippen molar-refractivity contribution in [2.75, 3.05) is 25.1 Å². The molecule has 0 aliphatic carbocycles. The molecule has 2 aromatic rings. The van der Waals surface area contributed by atoms with Gasteiger partial charge in [-0.2, -0.15) is 5.10 Å². The molecule has 1 saturated heterocycles. The zero-order valence-corrected chi connectivity index (χ0v) is 12.5. The molecule has 23 heavy (non-hydrogen) atoms. The first-order valence-corrected chi connectivity index (χ1v) is 7.61. The number of rotatable bonds is 3. The molecule has 0 saturated carbocycles. The molecule has 2 aliphatic heterocycles. The van der Waals surface area contributed by atoms with E-state index in [1.165, 1.54) is 0 Å². The maximum absolute atomic E-state index is 12.3. The fourth-order valence-electron chi connectivity index (χ4n) is 2.70. The number of para-hydroxylation sites is 2. The van der Waals surface area contributed by atoms with Crippen LogP contribution in [0.5, 0.6) is 11.5 Å². The van der Waals surface area contributed by atoms with Crippen LogP contribution in [-0.2, 0) is 9.53 Å². The first-order chi connectivity index (χ1) is 11.3. The second kappa shape index (κ2) is 5.92. The van der Waals surface area contributed by atoms with Gasteiger partial charge in [0.25, 0.3) is 5.91 Å². The Hall–Kier alpha value is -2.54. The monoisotopic (exact) mass is 315 g/mol. The van der Waals surface area contributed by atoms with Crippen LogP contribution < -0.4 is 14.8 Å². The Morgan fingerprint density at radius 3 is 2.96 bits per heavy atom. The number of benzene rings is 1. The second-order valence-electron chi connectivity index (χ2n) is 5.58. The standard InChI is InChI=1S/C16H17N3O4/c20-16(15-10-22-13-3-1-2-4-14(13)23-15)18-11-7-17-19(8-11)12-5-6-21-9-12/h1-4,7-8,12,15H,5-6,9-10H2,(H,18,20)/t12-,15-/m0/s1. The molecule has 1 amide bonds. The van der Waals surface area contributed by atoms with Gasteiger partial charge in [-0.05, 0) is 18.6 Å². The van der Waals surface area contributed by atoms with Crippen molar-refractivity contribution in [3.8, 4) is 11.5 Å². The SMILES string of the molecule is O=C(Nc1cnn([C@H]2CCOC2)c1)[C@@H]1COc2ccccc2O1. The summed E-state index contributed by atoms with van der Waals surface area (Å²) in [5.41, 5.74) is 0.643. The first kappa shape index (κ1) is 14.1. The van der Waals surface area contributed by atoms with Gasteiger partial charge in [-0.1, -0.05) is 12.1 Å². The van der Waals surface area contributed by atoms with E-state index < -0.39 is 6.10 Å². The van der Waals surface area contributed by atoms with Crippen molar-refractivity contribution in [3.05, 3.63) is 36.7 Å². The highest BCUT2D eigenvalue weighted by atomic mass is 16.6. The lowest BCUT2D eigenvalue weighted by Crippen LogP contribution is -2.40. The minimum Gasteiger partial charge on any atom is -0.485 e. The molecule has 7 heteroatoms. The number of nitrogens with one attached hydrogen (secondary N) is 1. The Morgan fingerprint density at radius 1 is 1.26 bits per heavy atom. The van der Waals surface area contributed by atoms with E-state index in [0.29, 0.717) is 23.8 Å². The van der Waals surface area contributed by atoms with Gasteiger partial charge in [0, 0.05) is 12.8 Å². The van der Waals surface area contributed by atoms with Crippen molar-refractivity contribution in [1.82, 2.24) is 9.78 Å². The molecular formula is C16H17N3O4. The smallest absolute Gasteiger partial charge is 0.269 e. The van der Waals surface area contributed by atoms with Crippen molar-refractivity contribution in [2.45, 2.75) is 18.6 Å². The molecule has 0 radical (unpaired) electrons. The van der Waals surface area contributed by atoms with Crippen LogP contribution >= 0.6 is 0 Å². The molecule has 120 valence electrons. The van der Waals surface area contributed by atoms with E-state index in [9.17, 15) is 4.79 Å². The van der Waals surface area contributed by atoms with E-state index in [2.05, 4.69) is 10.4 Å². The van der Waals surface area contributed by atoms with Crippen LogP contribution in [0.25, 0.3) is 0 Å². The molecule has 2 aliphatic rings. The minimum absolute atomic E-state index is 0.188. The van der Waals surface area contributed by atoms with E-state index in [4.69, 9.17) is 14.2 Å². The predicted molar refractivity (Wildman–Crippen MR) is 81.7 cm³/mol. The molecule has 2 atom stereocenters. The number of fused-ring (bicyclic) bond motifs is 1. The molecule has 7 nitrogen and oxygen atoms in total. The van der Waals surface area contributed by atoms with Gasteiger partial charge in [0.05, 0.1) is 24.5 Å². The third-order valence-corrected chi connectivity index (χ3v) is 3.95. The van der Waals surface area contributed by atoms with Crippen LogP contribution in [0, 0.1) is 0 Å². The zero-order chi connectivity index (χ0) is 15.6. The Balaban J connectivity index is 1.40. The Bertz CT molecular complexity index is 709. The van der Waals surface area contributed by atoms with Gasteiger partial charge in [0.2, 0.25) is 6.10 Å². The van der Waals surface area contributed by atoms with Crippen LogP contribution in [-0.4, -0.2) is 41.6 Å². The van der Waals surface area contributed by atoms with Crippen molar-refractivity contribution in [3.63, 3.8) is 0 Å². The van der Waals surface area contributed by atoms with Crippen molar-refractivity contribution < 1.29 is 19.0 Å². The van der Waals surface area contributed by atoms with E-state index >= 15 is 0 Å². The number of hydrogen-bond donors (Lipinski definition) is 1. The molecule has 4 rings (SSSR count). The third-order valence-electron chi connectivity index (χ3n) is 3.95. The minimum atomic E-state index is -0.678. The van der Waals surface area contributed by atoms with Gasteiger partial charge in [-0.25, -0.2) is 0 Å². The zero-order valence-electron chi connectivity index (χ0n) is 12.5. The van der Waals surface area contributed by atoms with Crippen molar-refractivity contribution in [1.29, 1.82) is 0 Å². The topological polar surface area (TPSA) is 74.6 Å². The lowest BCUT2D eigenvalue weighted by molar-refractivity contribution is -0.125. The van der Waals surface area contributed by atoms with Crippen LogP contribution in [0.3, 0.4) is 0 Å². The van der Waals surface area contributed by atoms with Crippen LogP contribution in [0.2, 0.25) is 0 Å². The summed E-state index contributed by atoms with van der Waals surface area (Å²) in [6, 6.07) is 7.55. The Labute approximate surface area is 133 Å². The van der Waals surface area contributed by atoms with Crippen LogP contribution in [0.15, 0.2) is 36.7 Å². The molecule has 1 N–H and O–H groups in total. The van der Waals surface area contributed by atoms with Crippen LogP contribution in [0.1, 0.15) is 12.5 Å². The first-order valence-electron chi connectivity index (χ1n) is 7.61. The normalized spacial score (nSPS) is 22.8. The molecule has 3 heterocycles. The highest BCUT2D eigenvalue weighted by molar-refractivity contribution is 5.94. The van der Waals surface area contributed by atoms with Gasteiger partial charge in [0.15, 0.2) is 11.5 Å². The number of aromatic nitrogens is 2. The van der Waals surface area contributed by atoms with Gasteiger partial charge in [0.1, 0.15) is 6.61 Å². The van der Waals surface area contributed by atoms with E-state index in [1.54, 1.807) is 12.3 Å². The summed E-state index contributed by atoms with van der Waals surface area (Å²) in [6.07, 6.45) is 3.71. The highest BCUT2D eigenvalue weighted by Gasteiger charge is 2.28. The number of carbonyl (C=O) groups is 1. The summed E-state index contributed by atoms with van der Waals surface area (Å²) in [5, 5.41) is 7.10. The van der Waals surface area contributed by atoms with Gasteiger partial charge >= 0.3 is 0 Å². The third kappa shape index (κ3) is 2.87. The molecular weight excluding hydrogens is 298 g/mol. The number of nitrogens with zero attached hydrogens (tertiary/aromatic N) is 2. The average molecular weight is 315 g/mol. The molecule has 0 bridgehead atoms. The molecule has 1 fully saturated rings. The van der Waals surface area contributed by atoms with Gasteiger partial charge in [-0.15, -0.1) is 0 Å². The number of hydrogen-bond acceptors (Lipinski definition) is 5. The van der Waals surface area contributed by atoms with Gasteiger partial charge in [-0.3, -0.25) is 9.48 Å².